The molecule has 1 fully saturated rings. The van der Waals surface area contributed by atoms with Crippen molar-refractivity contribution in [3.05, 3.63) is 12.4 Å². The van der Waals surface area contributed by atoms with Crippen LogP contribution in [-0.2, 0) is 16.6 Å². The predicted octanol–water partition coefficient (Wildman–Crippen LogP) is -0.442. The molecule has 1 aromatic heterocycles. The fourth-order valence-electron chi connectivity index (χ4n) is 2.27. The molecule has 0 atom stereocenters. The second-order valence-electron chi connectivity index (χ2n) is 5.14. The molecule has 1 aromatic rings. The van der Waals surface area contributed by atoms with Crippen LogP contribution in [0.25, 0.3) is 0 Å². The number of likely N-dealkylation sites (N-methyl/N-ethyl adjacent to an activating group) is 1. The minimum absolute atomic E-state index is 0.277. The van der Waals surface area contributed by atoms with E-state index in [1.807, 2.05) is 7.05 Å². The van der Waals surface area contributed by atoms with Crippen LogP contribution in [0.1, 0.15) is 12.8 Å². The van der Waals surface area contributed by atoms with Gasteiger partial charge >= 0.3 is 0 Å². The molecule has 0 amide bonds. The van der Waals surface area contributed by atoms with Crippen LogP contribution in [0.4, 0.5) is 0 Å². The number of sulfonamides is 1. The molecule has 1 saturated heterocycles. The van der Waals surface area contributed by atoms with Crippen LogP contribution >= 0.6 is 0 Å². The molecule has 0 aromatic carbocycles. The quantitative estimate of drug-likeness (QED) is 0.797. The van der Waals surface area contributed by atoms with Crippen molar-refractivity contribution in [1.29, 1.82) is 0 Å². The third kappa shape index (κ3) is 3.57. The molecule has 114 valence electrons. The molecular weight excluding hydrogens is 278 g/mol. The van der Waals surface area contributed by atoms with E-state index in [0.717, 1.165) is 25.9 Å². The molecule has 0 aliphatic carbocycles. The standard InChI is InChI=1S/C12H23N5O2S/c1-15-5-3-7-17(9-8-15)20(18,19)12-10-14-16(11-12)6-2-4-13/h10-11H,2-9,13H2,1H3. The first-order valence-corrected chi connectivity index (χ1v) is 8.39. The Morgan fingerprint density at radius 1 is 1.30 bits per heavy atom. The van der Waals surface area contributed by atoms with Gasteiger partial charge in [-0.05, 0) is 33.0 Å². The van der Waals surface area contributed by atoms with E-state index < -0.39 is 10.0 Å². The van der Waals surface area contributed by atoms with Crippen molar-refractivity contribution in [2.75, 3.05) is 39.8 Å². The fourth-order valence-corrected chi connectivity index (χ4v) is 3.69. The van der Waals surface area contributed by atoms with Crippen LogP contribution < -0.4 is 5.73 Å². The Hall–Kier alpha value is -0.960. The molecule has 0 unspecified atom stereocenters. The third-order valence-corrected chi connectivity index (χ3v) is 5.37. The second-order valence-corrected chi connectivity index (χ2v) is 7.08. The van der Waals surface area contributed by atoms with E-state index in [-0.39, 0.29) is 4.90 Å². The molecule has 1 aliphatic heterocycles. The Balaban J connectivity index is 2.10. The van der Waals surface area contributed by atoms with Crippen molar-refractivity contribution >= 4 is 10.0 Å². The summed E-state index contributed by atoms with van der Waals surface area (Å²) in [4.78, 5) is 2.43. The first-order valence-electron chi connectivity index (χ1n) is 6.95. The maximum atomic E-state index is 12.6. The Morgan fingerprint density at radius 2 is 2.10 bits per heavy atom. The summed E-state index contributed by atoms with van der Waals surface area (Å²) in [6.07, 6.45) is 4.67. The predicted molar refractivity (Wildman–Crippen MR) is 76.8 cm³/mol. The molecular formula is C12H23N5O2S. The summed E-state index contributed by atoms with van der Waals surface area (Å²) in [5, 5.41) is 4.10. The average Bonchev–Trinajstić information content (AvgIpc) is 2.79. The Labute approximate surface area is 120 Å². The van der Waals surface area contributed by atoms with Crippen LogP contribution in [0.5, 0.6) is 0 Å². The number of aryl methyl sites for hydroxylation is 1. The van der Waals surface area contributed by atoms with E-state index in [9.17, 15) is 8.42 Å². The van der Waals surface area contributed by atoms with E-state index in [1.54, 1.807) is 15.2 Å². The molecule has 1 aliphatic rings. The SMILES string of the molecule is CN1CCCN(S(=O)(=O)c2cnn(CCCN)c2)CC1. The minimum Gasteiger partial charge on any atom is -0.330 e. The topological polar surface area (TPSA) is 84.5 Å². The molecule has 2 N–H and O–H groups in total. The van der Waals surface area contributed by atoms with Gasteiger partial charge in [-0.2, -0.15) is 9.40 Å². The van der Waals surface area contributed by atoms with Gasteiger partial charge in [-0.3, -0.25) is 4.68 Å². The summed E-state index contributed by atoms with van der Waals surface area (Å²) < 4.78 is 28.3. The summed E-state index contributed by atoms with van der Waals surface area (Å²) >= 11 is 0. The van der Waals surface area contributed by atoms with Gasteiger partial charge in [0, 0.05) is 32.4 Å². The van der Waals surface area contributed by atoms with Gasteiger partial charge in [0.15, 0.2) is 0 Å². The maximum Gasteiger partial charge on any atom is 0.246 e. The largest absolute Gasteiger partial charge is 0.330 e. The van der Waals surface area contributed by atoms with Crippen molar-refractivity contribution in [2.45, 2.75) is 24.3 Å². The average molecular weight is 301 g/mol. The van der Waals surface area contributed by atoms with Crippen molar-refractivity contribution in [3.63, 3.8) is 0 Å². The van der Waals surface area contributed by atoms with Gasteiger partial charge in [-0.25, -0.2) is 8.42 Å². The molecule has 8 heteroatoms. The lowest BCUT2D eigenvalue weighted by Crippen LogP contribution is -2.34. The molecule has 0 radical (unpaired) electrons. The van der Waals surface area contributed by atoms with E-state index in [2.05, 4.69) is 10.00 Å². The van der Waals surface area contributed by atoms with E-state index >= 15 is 0 Å². The Morgan fingerprint density at radius 3 is 2.85 bits per heavy atom. The van der Waals surface area contributed by atoms with Crippen molar-refractivity contribution in [1.82, 2.24) is 19.0 Å². The summed E-state index contributed by atoms with van der Waals surface area (Å²) in [7, 11) is -1.41. The molecule has 2 rings (SSSR count). The molecule has 0 spiro atoms. The van der Waals surface area contributed by atoms with Crippen LogP contribution in [0, 0.1) is 0 Å². The highest BCUT2D eigenvalue weighted by Gasteiger charge is 2.27. The van der Waals surface area contributed by atoms with Gasteiger partial charge in [-0.15, -0.1) is 0 Å². The summed E-state index contributed by atoms with van der Waals surface area (Å²) in [5.41, 5.74) is 5.44. The van der Waals surface area contributed by atoms with E-state index in [4.69, 9.17) is 5.73 Å². The molecule has 7 nitrogen and oxygen atoms in total. The minimum atomic E-state index is -3.42. The summed E-state index contributed by atoms with van der Waals surface area (Å²) in [5.74, 6) is 0. The van der Waals surface area contributed by atoms with Crippen molar-refractivity contribution < 1.29 is 8.42 Å². The molecule has 0 bridgehead atoms. The van der Waals surface area contributed by atoms with Crippen LogP contribution in [0.2, 0.25) is 0 Å². The zero-order valence-corrected chi connectivity index (χ0v) is 12.7. The number of hydrogen-bond donors (Lipinski definition) is 1. The number of aromatic nitrogens is 2. The van der Waals surface area contributed by atoms with Gasteiger partial charge < -0.3 is 10.6 Å². The third-order valence-electron chi connectivity index (χ3n) is 3.52. The number of hydrogen-bond acceptors (Lipinski definition) is 5. The van der Waals surface area contributed by atoms with E-state index in [0.29, 0.717) is 26.2 Å². The fraction of sp³-hybridized carbons (Fsp3) is 0.750. The lowest BCUT2D eigenvalue weighted by Gasteiger charge is -2.19. The molecule has 2 heterocycles. The zero-order chi connectivity index (χ0) is 14.6. The van der Waals surface area contributed by atoms with Crippen LogP contribution in [-0.4, -0.2) is 67.2 Å². The Bertz CT molecular complexity index is 528. The highest BCUT2D eigenvalue weighted by Crippen LogP contribution is 2.16. The van der Waals surface area contributed by atoms with Gasteiger partial charge in [0.1, 0.15) is 4.90 Å². The van der Waals surface area contributed by atoms with Crippen LogP contribution in [0.15, 0.2) is 17.3 Å². The summed E-state index contributed by atoms with van der Waals surface area (Å²) in [6.45, 7) is 4.02. The number of nitrogens with two attached hydrogens (primary N) is 1. The molecule has 0 saturated carbocycles. The zero-order valence-electron chi connectivity index (χ0n) is 11.9. The van der Waals surface area contributed by atoms with Gasteiger partial charge in [0.2, 0.25) is 10.0 Å². The monoisotopic (exact) mass is 301 g/mol. The summed E-state index contributed by atoms with van der Waals surface area (Å²) in [6, 6.07) is 0. The van der Waals surface area contributed by atoms with Crippen LogP contribution in [0.3, 0.4) is 0 Å². The first kappa shape index (κ1) is 15.4. The van der Waals surface area contributed by atoms with Gasteiger partial charge in [-0.1, -0.05) is 0 Å². The van der Waals surface area contributed by atoms with Gasteiger partial charge in [0.25, 0.3) is 0 Å². The smallest absolute Gasteiger partial charge is 0.246 e. The highest BCUT2D eigenvalue weighted by atomic mass is 32.2. The first-order chi connectivity index (χ1) is 9.54. The number of nitrogens with zero attached hydrogens (tertiary/aromatic N) is 4. The maximum absolute atomic E-state index is 12.6. The van der Waals surface area contributed by atoms with E-state index in [1.165, 1.54) is 6.20 Å². The van der Waals surface area contributed by atoms with Gasteiger partial charge in [0.05, 0.1) is 6.20 Å². The lowest BCUT2D eigenvalue weighted by atomic mass is 10.4. The number of rotatable bonds is 5. The highest BCUT2D eigenvalue weighted by molar-refractivity contribution is 7.89. The Kier molecular flexibility index (Phi) is 5.14. The normalized spacial score (nSPS) is 19.1. The molecule has 20 heavy (non-hydrogen) atoms. The van der Waals surface area contributed by atoms with Crippen molar-refractivity contribution in [3.8, 4) is 0 Å². The second kappa shape index (κ2) is 6.66. The lowest BCUT2D eigenvalue weighted by molar-refractivity contribution is 0.347. The van der Waals surface area contributed by atoms with Crippen molar-refractivity contribution in [2.24, 2.45) is 5.73 Å².